The molecule has 4 aromatic rings. The summed E-state index contributed by atoms with van der Waals surface area (Å²) in [6, 6.07) is 15.8. The topological polar surface area (TPSA) is 77.8 Å². The Bertz CT molecular complexity index is 734. The first-order valence-corrected chi connectivity index (χ1v) is 7.58. The van der Waals surface area contributed by atoms with E-state index >= 15 is 0 Å². The number of hydrogen-bond donors (Lipinski definition) is 2. The molecule has 0 saturated carbocycles. The number of thiazole rings is 2. The molecule has 4 rings (SSSR count). The number of fused-ring (bicyclic) bond motifs is 2. The van der Waals surface area contributed by atoms with Crippen LogP contribution in [0.15, 0.2) is 48.5 Å². The van der Waals surface area contributed by atoms with Crippen molar-refractivity contribution in [1.82, 2.24) is 9.97 Å². The molecule has 2 aromatic carbocycles. The fraction of sp³-hybridized carbons (Fsp3) is 0. The Morgan fingerprint density at radius 3 is 1.28 bits per heavy atom. The van der Waals surface area contributed by atoms with E-state index in [1.165, 1.54) is 22.7 Å². The molecule has 2 aromatic heterocycles. The Balaban J connectivity index is -0.000000323. The van der Waals surface area contributed by atoms with Gasteiger partial charge in [-0.1, -0.05) is 46.9 Å². The average Bonchev–Trinajstić information content (AvgIpc) is 2.99. The minimum atomic E-state index is 0. The molecule has 0 aliphatic rings. The SMILES string of the molecule is I.I.Nc1nc2ccccc2s1.Nc1nc2ccccc2s1.[Hg+2].[I-].[I-]. The third-order valence-corrected chi connectivity index (χ3v) is 4.35. The van der Waals surface area contributed by atoms with Gasteiger partial charge in [0, 0.05) is 0 Å². The van der Waals surface area contributed by atoms with Crippen LogP contribution in [0.2, 0.25) is 0 Å². The van der Waals surface area contributed by atoms with E-state index in [9.17, 15) is 0 Å². The normalized spacial score (nSPS) is 8.32. The molecule has 0 fully saturated rings. The summed E-state index contributed by atoms with van der Waals surface area (Å²) in [6.45, 7) is 0. The van der Waals surface area contributed by atoms with Crippen LogP contribution in [-0.4, -0.2) is 9.97 Å². The number of halogens is 4. The van der Waals surface area contributed by atoms with Crippen LogP contribution in [0, 0.1) is 0 Å². The van der Waals surface area contributed by atoms with E-state index in [2.05, 4.69) is 9.97 Å². The molecule has 4 nitrogen and oxygen atoms in total. The maximum atomic E-state index is 5.50. The zero-order valence-corrected chi connectivity index (χ0v) is 28.9. The van der Waals surface area contributed by atoms with Gasteiger partial charge in [0.25, 0.3) is 0 Å². The third kappa shape index (κ3) is 9.14. The molecular formula is C14H14HgI4N4S2. The van der Waals surface area contributed by atoms with Crippen LogP contribution < -0.4 is 59.4 Å². The molecule has 0 aliphatic carbocycles. The van der Waals surface area contributed by atoms with Crippen molar-refractivity contribution >= 4 is 101 Å². The second-order valence-electron chi connectivity index (χ2n) is 4.04. The van der Waals surface area contributed by atoms with Crippen LogP contribution in [0.25, 0.3) is 20.4 Å². The monoisotopic (exact) mass is 1010 g/mol. The zero-order valence-electron chi connectivity index (χ0n) is 12.8. The number of benzene rings is 2. The second-order valence-corrected chi connectivity index (χ2v) is 6.16. The predicted octanol–water partition coefficient (Wildman–Crippen LogP) is -1.00. The average molecular weight is 1010 g/mol. The van der Waals surface area contributed by atoms with E-state index in [0.29, 0.717) is 10.3 Å². The molecule has 0 unspecified atom stereocenters. The molecule has 0 spiro atoms. The molecule has 4 N–H and O–H groups in total. The van der Waals surface area contributed by atoms with E-state index in [-0.39, 0.29) is 124 Å². The minimum absolute atomic E-state index is 0. The zero-order chi connectivity index (χ0) is 13.9. The van der Waals surface area contributed by atoms with Gasteiger partial charge < -0.3 is 59.4 Å². The van der Waals surface area contributed by atoms with Gasteiger partial charge in [0.05, 0.1) is 20.4 Å². The first kappa shape index (κ1) is 31.4. The molecule has 0 aliphatic heterocycles. The fourth-order valence-electron chi connectivity index (χ4n) is 1.78. The number of para-hydroxylation sites is 2. The molecule has 132 valence electrons. The molecule has 0 amide bonds. The first-order chi connectivity index (χ1) is 9.72. The van der Waals surface area contributed by atoms with Gasteiger partial charge in [-0.05, 0) is 24.3 Å². The largest absolute Gasteiger partial charge is 2.00 e. The predicted molar refractivity (Wildman–Crippen MR) is 119 cm³/mol. The summed E-state index contributed by atoms with van der Waals surface area (Å²) in [7, 11) is 0. The quantitative estimate of drug-likeness (QED) is 0.175. The number of aromatic nitrogens is 2. The maximum Gasteiger partial charge on any atom is 2.00 e. The van der Waals surface area contributed by atoms with Gasteiger partial charge in [0.2, 0.25) is 0 Å². The summed E-state index contributed by atoms with van der Waals surface area (Å²) < 4.78 is 2.31. The molecule has 0 atom stereocenters. The number of nitrogens with zero attached hydrogens (tertiary/aromatic N) is 2. The van der Waals surface area contributed by atoms with Crippen molar-refractivity contribution in [3.63, 3.8) is 0 Å². The van der Waals surface area contributed by atoms with Crippen molar-refractivity contribution in [2.24, 2.45) is 0 Å². The summed E-state index contributed by atoms with van der Waals surface area (Å²) in [5.41, 5.74) is 13.0. The van der Waals surface area contributed by atoms with Crippen LogP contribution in [0.5, 0.6) is 0 Å². The Morgan fingerprint density at radius 2 is 0.960 bits per heavy atom. The van der Waals surface area contributed by atoms with E-state index in [4.69, 9.17) is 11.5 Å². The van der Waals surface area contributed by atoms with Crippen molar-refractivity contribution in [2.75, 3.05) is 11.5 Å². The van der Waals surface area contributed by atoms with Crippen molar-refractivity contribution in [2.45, 2.75) is 0 Å². The van der Waals surface area contributed by atoms with Crippen LogP contribution in [-0.2, 0) is 27.7 Å². The standard InChI is InChI=1S/2C7H6N2S.Hg.4HI/c2*8-7-9-5-3-1-2-4-6(5)10-7;;;;;/h2*1-4H,(H2,8,9);;4*1H/q;;+2;;;;/p-2. The number of nitrogens with two attached hydrogens (primary N) is 2. The van der Waals surface area contributed by atoms with E-state index in [1.807, 2.05) is 48.5 Å². The van der Waals surface area contributed by atoms with Crippen molar-refractivity contribution in [1.29, 1.82) is 0 Å². The van der Waals surface area contributed by atoms with Crippen LogP contribution in [0.1, 0.15) is 0 Å². The second kappa shape index (κ2) is 15.6. The van der Waals surface area contributed by atoms with Gasteiger partial charge in [-0.25, -0.2) is 9.97 Å². The Morgan fingerprint density at radius 1 is 0.640 bits per heavy atom. The van der Waals surface area contributed by atoms with Crippen molar-refractivity contribution in [3.8, 4) is 0 Å². The summed E-state index contributed by atoms with van der Waals surface area (Å²) in [6.07, 6.45) is 0. The molecular weight excluding hydrogens is 997 g/mol. The van der Waals surface area contributed by atoms with Gasteiger partial charge in [-0.3, -0.25) is 0 Å². The smallest absolute Gasteiger partial charge is 1.00 e. The van der Waals surface area contributed by atoms with Crippen LogP contribution >= 0.6 is 70.6 Å². The summed E-state index contributed by atoms with van der Waals surface area (Å²) in [5.74, 6) is 0. The molecule has 11 heteroatoms. The van der Waals surface area contributed by atoms with Gasteiger partial charge in [0.1, 0.15) is 0 Å². The molecule has 0 saturated heterocycles. The van der Waals surface area contributed by atoms with Crippen molar-refractivity contribution in [3.05, 3.63) is 48.5 Å². The summed E-state index contributed by atoms with van der Waals surface area (Å²) in [4.78, 5) is 8.22. The number of rotatable bonds is 0. The summed E-state index contributed by atoms with van der Waals surface area (Å²) in [5, 5.41) is 1.28. The Hall–Kier alpha value is 1.68. The van der Waals surface area contributed by atoms with Crippen molar-refractivity contribution < 1.29 is 75.6 Å². The maximum absolute atomic E-state index is 5.50. The minimum Gasteiger partial charge on any atom is -1.00 e. The van der Waals surface area contributed by atoms with Crippen LogP contribution in [0.3, 0.4) is 0 Å². The van der Waals surface area contributed by atoms with E-state index < -0.39 is 0 Å². The van der Waals surface area contributed by atoms with E-state index in [1.54, 1.807) is 0 Å². The molecule has 0 radical (unpaired) electrons. The summed E-state index contributed by atoms with van der Waals surface area (Å²) >= 11 is 3.04. The van der Waals surface area contributed by atoms with Gasteiger partial charge >= 0.3 is 27.7 Å². The van der Waals surface area contributed by atoms with Gasteiger partial charge in [0.15, 0.2) is 10.3 Å². The number of anilines is 2. The van der Waals surface area contributed by atoms with Gasteiger partial charge in [-0.15, -0.1) is 48.0 Å². The Labute approximate surface area is 242 Å². The number of hydrogen-bond acceptors (Lipinski definition) is 6. The third-order valence-electron chi connectivity index (χ3n) is 2.62. The molecule has 0 bridgehead atoms. The number of nitrogen functional groups attached to an aromatic ring is 2. The van der Waals surface area contributed by atoms with Crippen LogP contribution in [0.4, 0.5) is 10.3 Å². The van der Waals surface area contributed by atoms with Gasteiger partial charge in [-0.2, -0.15) is 0 Å². The molecule has 2 heterocycles. The van der Waals surface area contributed by atoms with E-state index in [0.717, 1.165) is 20.4 Å². The molecule has 25 heavy (non-hydrogen) atoms. The fourth-order valence-corrected chi connectivity index (χ4v) is 3.25. The Kier molecular flexibility index (Phi) is 19.6. The first-order valence-electron chi connectivity index (χ1n) is 5.94.